The third-order valence-electron chi connectivity index (χ3n) is 2.04. The molecular formula is C11H12N2O. The Kier molecular flexibility index (Phi) is 2.49. The summed E-state index contributed by atoms with van der Waals surface area (Å²) in [5, 5.41) is 3.26. The Labute approximate surface area is 82.8 Å². The average molecular weight is 188 g/mol. The van der Waals surface area contributed by atoms with Crippen molar-refractivity contribution in [2.24, 2.45) is 0 Å². The molecular weight excluding hydrogens is 176 g/mol. The molecule has 0 radical (unpaired) electrons. The van der Waals surface area contributed by atoms with E-state index in [2.05, 4.69) is 10.3 Å². The summed E-state index contributed by atoms with van der Waals surface area (Å²) in [5.41, 5.74) is 2.04. The van der Waals surface area contributed by atoms with E-state index in [1.165, 1.54) is 0 Å². The molecule has 0 saturated heterocycles. The Bertz CT molecular complexity index is 395. The zero-order valence-electron chi connectivity index (χ0n) is 8.03. The maximum absolute atomic E-state index is 5.21. The van der Waals surface area contributed by atoms with Gasteiger partial charge >= 0.3 is 0 Å². The van der Waals surface area contributed by atoms with Crippen molar-refractivity contribution in [1.29, 1.82) is 0 Å². The summed E-state index contributed by atoms with van der Waals surface area (Å²) in [6.07, 6.45) is 3.46. The maximum Gasteiger partial charge on any atom is 0.122 e. The molecule has 0 saturated carbocycles. The van der Waals surface area contributed by atoms with E-state index in [9.17, 15) is 0 Å². The van der Waals surface area contributed by atoms with Gasteiger partial charge in [0.2, 0.25) is 0 Å². The van der Waals surface area contributed by atoms with Crippen molar-refractivity contribution in [3.8, 4) is 0 Å². The molecule has 0 aliphatic carbocycles. The molecule has 0 aromatic carbocycles. The van der Waals surface area contributed by atoms with Gasteiger partial charge in [0.1, 0.15) is 5.76 Å². The van der Waals surface area contributed by atoms with Gasteiger partial charge in [0.25, 0.3) is 0 Å². The Balaban J connectivity index is 2.02. The van der Waals surface area contributed by atoms with Gasteiger partial charge in [-0.1, -0.05) is 0 Å². The number of nitrogens with zero attached hydrogens (tertiary/aromatic N) is 1. The lowest BCUT2D eigenvalue weighted by molar-refractivity contribution is 0.518. The Morgan fingerprint density at radius 2 is 2.29 bits per heavy atom. The van der Waals surface area contributed by atoms with Crippen LogP contribution in [-0.4, -0.2) is 4.98 Å². The second-order valence-corrected chi connectivity index (χ2v) is 3.07. The van der Waals surface area contributed by atoms with Crippen molar-refractivity contribution in [3.63, 3.8) is 0 Å². The highest BCUT2D eigenvalue weighted by atomic mass is 16.3. The van der Waals surface area contributed by atoms with Crippen molar-refractivity contribution >= 4 is 5.69 Å². The van der Waals surface area contributed by atoms with E-state index < -0.39 is 0 Å². The molecule has 0 spiro atoms. The molecule has 2 heterocycles. The molecule has 2 aromatic heterocycles. The molecule has 1 N–H and O–H groups in total. The summed E-state index contributed by atoms with van der Waals surface area (Å²) in [5.74, 6) is 0.924. The van der Waals surface area contributed by atoms with Crippen molar-refractivity contribution in [1.82, 2.24) is 4.98 Å². The molecule has 3 nitrogen and oxygen atoms in total. The van der Waals surface area contributed by atoms with Gasteiger partial charge in [0.05, 0.1) is 24.2 Å². The second-order valence-electron chi connectivity index (χ2n) is 3.07. The predicted molar refractivity (Wildman–Crippen MR) is 55.0 cm³/mol. The highest BCUT2D eigenvalue weighted by Crippen LogP contribution is 2.12. The van der Waals surface area contributed by atoms with Gasteiger partial charge in [-0.2, -0.15) is 0 Å². The topological polar surface area (TPSA) is 38.1 Å². The van der Waals surface area contributed by atoms with E-state index in [1.807, 2.05) is 31.2 Å². The minimum Gasteiger partial charge on any atom is -0.467 e. The summed E-state index contributed by atoms with van der Waals surface area (Å²) >= 11 is 0. The molecule has 2 rings (SSSR count). The first-order valence-electron chi connectivity index (χ1n) is 4.54. The van der Waals surface area contributed by atoms with Crippen molar-refractivity contribution in [2.75, 3.05) is 5.32 Å². The fourth-order valence-electron chi connectivity index (χ4n) is 1.27. The number of aromatic nitrogens is 1. The predicted octanol–water partition coefficient (Wildman–Crippen LogP) is 2.60. The molecule has 2 aromatic rings. The maximum atomic E-state index is 5.21. The lowest BCUT2D eigenvalue weighted by Crippen LogP contribution is -2.00. The Hall–Kier alpha value is -1.77. The molecule has 0 amide bonds. The summed E-state index contributed by atoms with van der Waals surface area (Å²) in [4.78, 5) is 4.19. The SMILES string of the molecule is Cc1ncccc1NCc1ccco1. The fraction of sp³-hybridized carbons (Fsp3) is 0.182. The van der Waals surface area contributed by atoms with Crippen molar-refractivity contribution in [3.05, 3.63) is 48.2 Å². The number of pyridine rings is 1. The minimum atomic E-state index is 0.694. The molecule has 0 aliphatic rings. The van der Waals surface area contributed by atoms with Gasteiger partial charge in [0, 0.05) is 6.20 Å². The largest absolute Gasteiger partial charge is 0.467 e. The van der Waals surface area contributed by atoms with Crippen LogP contribution < -0.4 is 5.32 Å². The summed E-state index contributed by atoms with van der Waals surface area (Å²) in [6.45, 7) is 2.67. The molecule has 0 unspecified atom stereocenters. The van der Waals surface area contributed by atoms with Gasteiger partial charge in [-0.3, -0.25) is 4.98 Å². The van der Waals surface area contributed by atoms with Crippen LogP contribution in [0.5, 0.6) is 0 Å². The number of hydrogen-bond acceptors (Lipinski definition) is 3. The van der Waals surface area contributed by atoms with E-state index >= 15 is 0 Å². The van der Waals surface area contributed by atoms with Gasteiger partial charge in [0.15, 0.2) is 0 Å². The van der Waals surface area contributed by atoms with Crippen molar-refractivity contribution < 1.29 is 4.42 Å². The number of nitrogens with one attached hydrogen (secondary N) is 1. The molecule has 72 valence electrons. The number of aryl methyl sites for hydroxylation is 1. The Morgan fingerprint density at radius 3 is 3.00 bits per heavy atom. The van der Waals surface area contributed by atoms with Crippen LogP contribution in [0.1, 0.15) is 11.5 Å². The number of furan rings is 1. The van der Waals surface area contributed by atoms with E-state index in [1.54, 1.807) is 12.5 Å². The molecule has 14 heavy (non-hydrogen) atoms. The van der Waals surface area contributed by atoms with Crippen LogP contribution in [-0.2, 0) is 6.54 Å². The normalized spacial score (nSPS) is 10.1. The quantitative estimate of drug-likeness (QED) is 0.804. The third kappa shape index (κ3) is 1.93. The van der Waals surface area contributed by atoms with E-state index in [-0.39, 0.29) is 0 Å². The van der Waals surface area contributed by atoms with Gasteiger partial charge in [-0.05, 0) is 31.2 Å². The van der Waals surface area contributed by atoms with E-state index in [0.29, 0.717) is 6.54 Å². The van der Waals surface area contributed by atoms with Gasteiger partial charge in [-0.15, -0.1) is 0 Å². The number of hydrogen-bond donors (Lipinski definition) is 1. The van der Waals surface area contributed by atoms with Gasteiger partial charge in [-0.25, -0.2) is 0 Å². The van der Waals surface area contributed by atoms with Crippen LogP contribution in [0.3, 0.4) is 0 Å². The highest BCUT2D eigenvalue weighted by Gasteiger charge is 1.98. The first-order valence-corrected chi connectivity index (χ1v) is 4.54. The lowest BCUT2D eigenvalue weighted by Gasteiger charge is -2.06. The first kappa shape index (κ1) is 8.81. The first-order chi connectivity index (χ1) is 6.86. The zero-order valence-corrected chi connectivity index (χ0v) is 8.03. The average Bonchev–Trinajstić information content (AvgIpc) is 2.69. The molecule has 0 atom stereocenters. The summed E-state index contributed by atoms with van der Waals surface area (Å²) in [6, 6.07) is 7.74. The van der Waals surface area contributed by atoms with Crippen LogP contribution in [0.15, 0.2) is 41.1 Å². The highest BCUT2D eigenvalue weighted by molar-refractivity contribution is 5.46. The number of rotatable bonds is 3. The summed E-state index contributed by atoms with van der Waals surface area (Å²) < 4.78 is 5.21. The van der Waals surface area contributed by atoms with E-state index in [0.717, 1.165) is 17.1 Å². The molecule has 3 heteroatoms. The Morgan fingerprint density at radius 1 is 1.36 bits per heavy atom. The number of anilines is 1. The second kappa shape index (κ2) is 3.96. The van der Waals surface area contributed by atoms with Crippen LogP contribution >= 0.6 is 0 Å². The van der Waals surface area contributed by atoms with Crippen LogP contribution in [0, 0.1) is 6.92 Å². The lowest BCUT2D eigenvalue weighted by atomic mass is 10.3. The molecule has 0 aliphatic heterocycles. The smallest absolute Gasteiger partial charge is 0.122 e. The van der Waals surface area contributed by atoms with Crippen LogP contribution in [0.25, 0.3) is 0 Å². The minimum absolute atomic E-state index is 0.694. The van der Waals surface area contributed by atoms with Crippen LogP contribution in [0.4, 0.5) is 5.69 Å². The summed E-state index contributed by atoms with van der Waals surface area (Å²) in [7, 11) is 0. The zero-order chi connectivity index (χ0) is 9.80. The van der Waals surface area contributed by atoms with E-state index in [4.69, 9.17) is 4.42 Å². The van der Waals surface area contributed by atoms with Gasteiger partial charge < -0.3 is 9.73 Å². The monoisotopic (exact) mass is 188 g/mol. The molecule has 0 bridgehead atoms. The molecule has 0 fully saturated rings. The standard InChI is InChI=1S/C11H12N2O/c1-9-11(5-2-6-12-9)13-8-10-4-3-7-14-10/h2-7,13H,8H2,1H3. The van der Waals surface area contributed by atoms with Crippen LogP contribution in [0.2, 0.25) is 0 Å². The fourth-order valence-corrected chi connectivity index (χ4v) is 1.27. The van der Waals surface area contributed by atoms with Crippen molar-refractivity contribution in [2.45, 2.75) is 13.5 Å². The third-order valence-corrected chi connectivity index (χ3v) is 2.04.